The van der Waals surface area contributed by atoms with Crippen LogP contribution in [0.2, 0.25) is 0 Å². The predicted octanol–water partition coefficient (Wildman–Crippen LogP) is 2.52. The molecular formula is C14H21NO2. The van der Waals surface area contributed by atoms with E-state index in [0.29, 0.717) is 12.1 Å². The number of hydrogen-bond acceptors (Lipinski definition) is 3. The van der Waals surface area contributed by atoms with Crippen molar-refractivity contribution in [2.24, 2.45) is 0 Å². The molecule has 1 N–H and O–H groups in total. The maximum Gasteiger partial charge on any atom is 0.124 e. The van der Waals surface area contributed by atoms with Crippen LogP contribution in [0.5, 0.6) is 5.75 Å². The molecule has 1 saturated heterocycles. The molecule has 1 atom stereocenters. The maximum absolute atomic E-state index is 5.83. The van der Waals surface area contributed by atoms with Gasteiger partial charge in [-0.15, -0.1) is 0 Å². The van der Waals surface area contributed by atoms with Gasteiger partial charge >= 0.3 is 0 Å². The van der Waals surface area contributed by atoms with E-state index in [9.17, 15) is 0 Å². The van der Waals surface area contributed by atoms with Crippen LogP contribution in [0, 0.1) is 0 Å². The van der Waals surface area contributed by atoms with Gasteiger partial charge in [-0.25, -0.2) is 0 Å². The Hall–Kier alpha value is -1.06. The van der Waals surface area contributed by atoms with Crippen molar-refractivity contribution >= 4 is 0 Å². The Labute approximate surface area is 103 Å². The normalized spacial score (nSPS) is 17.9. The smallest absolute Gasteiger partial charge is 0.124 e. The molecule has 1 aromatic carbocycles. The van der Waals surface area contributed by atoms with Crippen molar-refractivity contribution in [1.29, 1.82) is 0 Å². The van der Waals surface area contributed by atoms with Crippen molar-refractivity contribution in [3.63, 3.8) is 0 Å². The highest BCUT2D eigenvalue weighted by Gasteiger charge is 2.22. The molecule has 3 nitrogen and oxygen atoms in total. The number of hydrogen-bond donors (Lipinski definition) is 1. The highest BCUT2D eigenvalue weighted by molar-refractivity contribution is 5.35. The zero-order chi connectivity index (χ0) is 12.3. The van der Waals surface area contributed by atoms with Gasteiger partial charge in [-0.2, -0.15) is 0 Å². The van der Waals surface area contributed by atoms with Gasteiger partial charge in [-0.05, 0) is 26.8 Å². The molecule has 0 radical (unpaired) electrons. The van der Waals surface area contributed by atoms with Crippen LogP contribution in [-0.4, -0.2) is 25.4 Å². The van der Waals surface area contributed by atoms with E-state index in [-0.39, 0.29) is 6.10 Å². The van der Waals surface area contributed by atoms with Crippen molar-refractivity contribution in [3.05, 3.63) is 29.8 Å². The number of para-hydroxylation sites is 1. The van der Waals surface area contributed by atoms with Gasteiger partial charge in [0.2, 0.25) is 0 Å². The fraction of sp³-hybridized carbons (Fsp3) is 0.571. The zero-order valence-electron chi connectivity index (χ0n) is 10.8. The molecule has 0 aromatic heterocycles. The lowest BCUT2D eigenvalue weighted by Gasteiger charge is -2.31. The fourth-order valence-electron chi connectivity index (χ4n) is 1.97. The van der Waals surface area contributed by atoms with E-state index in [1.54, 1.807) is 0 Å². The standard InChI is InChI=1S/C14H21NO2/c1-10(2)17-14-7-5-4-6-13(14)11(3)15-12-8-16-9-12/h4-7,10-12,15H,8-9H2,1-3H3. The van der Waals surface area contributed by atoms with Gasteiger partial charge in [0.15, 0.2) is 0 Å². The van der Waals surface area contributed by atoms with E-state index in [4.69, 9.17) is 9.47 Å². The highest BCUT2D eigenvalue weighted by Crippen LogP contribution is 2.26. The molecular weight excluding hydrogens is 214 g/mol. The van der Waals surface area contributed by atoms with Crippen LogP contribution in [0.3, 0.4) is 0 Å². The minimum absolute atomic E-state index is 0.204. The van der Waals surface area contributed by atoms with Crippen molar-refractivity contribution in [2.75, 3.05) is 13.2 Å². The molecule has 1 aliphatic rings. The van der Waals surface area contributed by atoms with Crippen molar-refractivity contribution < 1.29 is 9.47 Å². The van der Waals surface area contributed by atoms with Crippen LogP contribution >= 0.6 is 0 Å². The lowest BCUT2D eigenvalue weighted by Crippen LogP contribution is -2.46. The minimum atomic E-state index is 0.204. The topological polar surface area (TPSA) is 30.5 Å². The van der Waals surface area contributed by atoms with Gasteiger partial charge in [0.1, 0.15) is 5.75 Å². The first-order chi connectivity index (χ1) is 8.16. The van der Waals surface area contributed by atoms with Gasteiger partial charge < -0.3 is 14.8 Å². The molecule has 0 saturated carbocycles. The molecule has 3 heteroatoms. The van der Waals surface area contributed by atoms with Crippen LogP contribution in [0.15, 0.2) is 24.3 Å². The molecule has 17 heavy (non-hydrogen) atoms. The lowest BCUT2D eigenvalue weighted by molar-refractivity contribution is -0.00939. The van der Waals surface area contributed by atoms with Gasteiger partial charge in [-0.3, -0.25) is 0 Å². The number of ether oxygens (including phenoxy) is 2. The molecule has 0 aliphatic carbocycles. The second-order valence-electron chi connectivity index (χ2n) is 4.83. The largest absolute Gasteiger partial charge is 0.491 e. The molecule has 94 valence electrons. The SMILES string of the molecule is CC(C)Oc1ccccc1C(C)NC1COC1. The van der Waals surface area contributed by atoms with Crippen LogP contribution in [0.25, 0.3) is 0 Å². The first-order valence-electron chi connectivity index (χ1n) is 6.26. The lowest BCUT2D eigenvalue weighted by atomic mass is 10.1. The third-order valence-electron chi connectivity index (χ3n) is 2.87. The summed E-state index contributed by atoms with van der Waals surface area (Å²) in [6.07, 6.45) is 0.204. The van der Waals surface area contributed by atoms with E-state index >= 15 is 0 Å². The Bertz CT molecular complexity index is 361. The summed E-state index contributed by atoms with van der Waals surface area (Å²) < 4.78 is 11.0. The Morgan fingerprint density at radius 1 is 1.24 bits per heavy atom. The van der Waals surface area contributed by atoms with Crippen molar-refractivity contribution in [3.8, 4) is 5.75 Å². The number of rotatable bonds is 5. The Morgan fingerprint density at radius 3 is 2.53 bits per heavy atom. The predicted molar refractivity (Wildman–Crippen MR) is 68.4 cm³/mol. The van der Waals surface area contributed by atoms with E-state index < -0.39 is 0 Å². The molecule has 1 aliphatic heterocycles. The molecule has 1 fully saturated rings. The first kappa shape index (κ1) is 12.4. The molecule has 0 amide bonds. The van der Waals surface area contributed by atoms with Crippen molar-refractivity contribution in [2.45, 2.75) is 39.0 Å². The highest BCUT2D eigenvalue weighted by atomic mass is 16.5. The van der Waals surface area contributed by atoms with Gasteiger partial charge in [0.25, 0.3) is 0 Å². The number of benzene rings is 1. The summed E-state index contributed by atoms with van der Waals surface area (Å²) in [6.45, 7) is 7.90. The maximum atomic E-state index is 5.83. The fourth-order valence-corrected chi connectivity index (χ4v) is 1.97. The van der Waals surface area contributed by atoms with Crippen LogP contribution in [0.4, 0.5) is 0 Å². The van der Waals surface area contributed by atoms with Crippen LogP contribution in [-0.2, 0) is 4.74 Å². The summed E-state index contributed by atoms with van der Waals surface area (Å²) in [7, 11) is 0. The van der Waals surface area contributed by atoms with Gasteiger partial charge in [0.05, 0.1) is 25.4 Å². The molecule has 0 bridgehead atoms. The van der Waals surface area contributed by atoms with E-state index in [1.165, 1.54) is 5.56 Å². The third kappa shape index (κ3) is 3.20. The van der Waals surface area contributed by atoms with E-state index in [2.05, 4.69) is 38.2 Å². The second kappa shape index (κ2) is 5.52. The molecule has 1 heterocycles. The van der Waals surface area contributed by atoms with Crippen LogP contribution < -0.4 is 10.1 Å². The monoisotopic (exact) mass is 235 g/mol. The van der Waals surface area contributed by atoms with Crippen LogP contribution in [0.1, 0.15) is 32.4 Å². The molecule has 0 spiro atoms. The Balaban J connectivity index is 2.06. The third-order valence-corrected chi connectivity index (χ3v) is 2.87. The van der Waals surface area contributed by atoms with Gasteiger partial charge in [0, 0.05) is 11.6 Å². The summed E-state index contributed by atoms with van der Waals surface area (Å²) in [6, 6.07) is 8.99. The molecule has 1 unspecified atom stereocenters. The average Bonchev–Trinajstić information content (AvgIpc) is 2.23. The van der Waals surface area contributed by atoms with E-state index in [0.717, 1.165) is 19.0 Å². The minimum Gasteiger partial charge on any atom is -0.491 e. The summed E-state index contributed by atoms with van der Waals surface area (Å²) in [4.78, 5) is 0. The Morgan fingerprint density at radius 2 is 1.94 bits per heavy atom. The second-order valence-corrected chi connectivity index (χ2v) is 4.83. The first-order valence-corrected chi connectivity index (χ1v) is 6.26. The van der Waals surface area contributed by atoms with E-state index in [1.807, 2.05) is 12.1 Å². The number of nitrogens with one attached hydrogen (secondary N) is 1. The molecule has 1 aromatic rings. The summed E-state index contributed by atoms with van der Waals surface area (Å²) in [5.74, 6) is 0.975. The summed E-state index contributed by atoms with van der Waals surface area (Å²) >= 11 is 0. The van der Waals surface area contributed by atoms with Crippen molar-refractivity contribution in [1.82, 2.24) is 5.32 Å². The zero-order valence-corrected chi connectivity index (χ0v) is 10.8. The Kier molecular flexibility index (Phi) is 4.02. The summed E-state index contributed by atoms with van der Waals surface area (Å²) in [5.41, 5.74) is 1.22. The molecule has 2 rings (SSSR count). The van der Waals surface area contributed by atoms with Gasteiger partial charge in [-0.1, -0.05) is 18.2 Å². The quantitative estimate of drug-likeness (QED) is 0.850. The summed E-state index contributed by atoms with van der Waals surface area (Å²) in [5, 5.41) is 3.54. The average molecular weight is 235 g/mol.